The van der Waals surface area contributed by atoms with E-state index in [0.717, 1.165) is 0 Å². The summed E-state index contributed by atoms with van der Waals surface area (Å²) >= 11 is 0. The minimum Gasteiger partial charge on any atom is -0.329 e. The molecule has 0 N–H and O–H groups in total. The van der Waals surface area contributed by atoms with Crippen molar-refractivity contribution in [2.75, 3.05) is 0 Å². The Bertz CT molecular complexity index is 624. The average Bonchev–Trinajstić information content (AvgIpc) is 2.69. The standard InChI is InChI=1S/C12H10FN3O/c1-2-10(17)9-7-16(6-4-14)11-8(9)3-5-15-12(11)13/h3,5,7H,2,6H2,1H3. The van der Waals surface area contributed by atoms with Crippen molar-refractivity contribution in [2.45, 2.75) is 19.9 Å². The van der Waals surface area contributed by atoms with Gasteiger partial charge in [-0.25, -0.2) is 4.98 Å². The average molecular weight is 231 g/mol. The summed E-state index contributed by atoms with van der Waals surface area (Å²) in [5.41, 5.74) is 0.657. The second-order valence-electron chi connectivity index (χ2n) is 3.60. The molecule has 0 aliphatic rings. The highest BCUT2D eigenvalue weighted by Gasteiger charge is 2.16. The topological polar surface area (TPSA) is 58.7 Å². The SMILES string of the molecule is CCC(=O)c1cn(CC#N)c2c(F)nccc12. The fourth-order valence-electron chi connectivity index (χ4n) is 1.82. The van der Waals surface area contributed by atoms with Crippen molar-refractivity contribution in [1.82, 2.24) is 9.55 Å². The number of fused-ring (bicyclic) bond motifs is 1. The van der Waals surface area contributed by atoms with Gasteiger partial charge in [0.25, 0.3) is 0 Å². The lowest BCUT2D eigenvalue weighted by Gasteiger charge is -1.98. The summed E-state index contributed by atoms with van der Waals surface area (Å²) in [6.07, 6.45) is 3.18. The molecule has 0 spiro atoms. The summed E-state index contributed by atoms with van der Waals surface area (Å²) in [6.45, 7) is 1.74. The molecule has 5 heteroatoms. The minimum atomic E-state index is -0.659. The Morgan fingerprint density at radius 3 is 3.06 bits per heavy atom. The molecule has 0 aliphatic carbocycles. The maximum atomic E-state index is 13.6. The Morgan fingerprint density at radius 2 is 2.41 bits per heavy atom. The minimum absolute atomic E-state index is 0.00386. The maximum Gasteiger partial charge on any atom is 0.237 e. The highest BCUT2D eigenvalue weighted by atomic mass is 19.1. The van der Waals surface area contributed by atoms with Gasteiger partial charge in [-0.05, 0) is 6.07 Å². The van der Waals surface area contributed by atoms with Crippen LogP contribution >= 0.6 is 0 Å². The molecule has 2 aromatic rings. The molecule has 0 bridgehead atoms. The Labute approximate surface area is 97.3 Å². The van der Waals surface area contributed by atoms with Crippen LogP contribution in [0, 0.1) is 17.3 Å². The molecule has 0 aliphatic heterocycles. The molecule has 2 rings (SSSR count). The van der Waals surface area contributed by atoms with Crippen molar-refractivity contribution in [3.05, 3.63) is 30.0 Å². The summed E-state index contributed by atoms with van der Waals surface area (Å²) in [5.74, 6) is -0.731. The highest BCUT2D eigenvalue weighted by Crippen LogP contribution is 2.23. The first-order chi connectivity index (χ1) is 8.19. The van der Waals surface area contributed by atoms with E-state index in [9.17, 15) is 9.18 Å². The van der Waals surface area contributed by atoms with E-state index < -0.39 is 5.95 Å². The van der Waals surface area contributed by atoms with Crippen LogP contribution < -0.4 is 0 Å². The van der Waals surface area contributed by atoms with Gasteiger partial charge in [0.15, 0.2) is 5.78 Å². The summed E-state index contributed by atoms with van der Waals surface area (Å²) in [7, 11) is 0. The third-order valence-corrected chi connectivity index (χ3v) is 2.60. The number of hydrogen-bond acceptors (Lipinski definition) is 3. The normalized spacial score (nSPS) is 10.4. The number of halogens is 1. The number of rotatable bonds is 3. The van der Waals surface area contributed by atoms with E-state index in [1.165, 1.54) is 17.0 Å². The van der Waals surface area contributed by atoms with Crippen LogP contribution in [0.1, 0.15) is 23.7 Å². The molecule has 0 saturated heterocycles. The van der Waals surface area contributed by atoms with Crippen LogP contribution in [0.5, 0.6) is 0 Å². The summed E-state index contributed by atoms with van der Waals surface area (Å²) in [4.78, 5) is 15.3. The van der Waals surface area contributed by atoms with E-state index >= 15 is 0 Å². The predicted octanol–water partition coefficient (Wildman–Crippen LogP) is 2.29. The first-order valence-corrected chi connectivity index (χ1v) is 5.22. The van der Waals surface area contributed by atoms with Crippen molar-refractivity contribution < 1.29 is 9.18 Å². The Hall–Kier alpha value is -2.22. The van der Waals surface area contributed by atoms with Crippen LogP contribution in [-0.2, 0) is 6.54 Å². The largest absolute Gasteiger partial charge is 0.329 e. The predicted molar refractivity (Wildman–Crippen MR) is 59.9 cm³/mol. The van der Waals surface area contributed by atoms with Gasteiger partial charge in [0.05, 0.1) is 6.07 Å². The lowest BCUT2D eigenvalue weighted by atomic mass is 10.1. The number of carbonyl (C=O) groups is 1. The van der Waals surface area contributed by atoms with Crippen molar-refractivity contribution in [3.8, 4) is 6.07 Å². The van der Waals surface area contributed by atoms with Gasteiger partial charge in [0.1, 0.15) is 12.1 Å². The fraction of sp³-hybridized carbons (Fsp3) is 0.250. The Kier molecular flexibility index (Phi) is 2.88. The lowest BCUT2D eigenvalue weighted by molar-refractivity contribution is 0.0989. The molecule has 0 radical (unpaired) electrons. The number of ketones is 1. The van der Waals surface area contributed by atoms with E-state index in [2.05, 4.69) is 4.98 Å². The molecular weight excluding hydrogens is 221 g/mol. The third-order valence-electron chi connectivity index (χ3n) is 2.60. The first kappa shape index (κ1) is 11.3. The molecule has 17 heavy (non-hydrogen) atoms. The lowest BCUT2D eigenvalue weighted by Crippen LogP contribution is -1.96. The van der Waals surface area contributed by atoms with Gasteiger partial charge in [-0.2, -0.15) is 9.65 Å². The van der Waals surface area contributed by atoms with E-state index in [0.29, 0.717) is 17.4 Å². The van der Waals surface area contributed by atoms with Gasteiger partial charge in [-0.1, -0.05) is 6.92 Å². The number of carbonyl (C=O) groups excluding carboxylic acids is 1. The quantitative estimate of drug-likeness (QED) is 0.601. The summed E-state index contributed by atoms with van der Waals surface area (Å²) < 4.78 is 15.0. The van der Waals surface area contributed by atoms with Crippen LogP contribution in [0.4, 0.5) is 4.39 Å². The van der Waals surface area contributed by atoms with Crippen LogP contribution in [0.15, 0.2) is 18.5 Å². The number of nitrogens with zero attached hydrogens (tertiary/aromatic N) is 3. The van der Waals surface area contributed by atoms with E-state index in [1.807, 2.05) is 6.07 Å². The van der Waals surface area contributed by atoms with Crippen molar-refractivity contribution in [3.63, 3.8) is 0 Å². The Balaban J connectivity index is 2.76. The zero-order chi connectivity index (χ0) is 12.4. The zero-order valence-electron chi connectivity index (χ0n) is 9.27. The second-order valence-corrected chi connectivity index (χ2v) is 3.60. The van der Waals surface area contributed by atoms with Gasteiger partial charge < -0.3 is 4.57 Å². The highest BCUT2D eigenvalue weighted by molar-refractivity contribution is 6.07. The van der Waals surface area contributed by atoms with Gasteiger partial charge in [-0.15, -0.1) is 0 Å². The molecule has 0 amide bonds. The Morgan fingerprint density at radius 1 is 1.65 bits per heavy atom. The molecule has 2 aromatic heterocycles. The van der Waals surface area contributed by atoms with Gasteiger partial charge in [0.2, 0.25) is 5.95 Å². The molecule has 0 unspecified atom stereocenters. The molecule has 2 heterocycles. The van der Waals surface area contributed by atoms with Crippen LogP contribution in [0.25, 0.3) is 10.9 Å². The molecule has 4 nitrogen and oxygen atoms in total. The summed E-state index contributed by atoms with van der Waals surface area (Å²) in [6, 6.07) is 3.52. The molecule has 0 atom stereocenters. The van der Waals surface area contributed by atoms with E-state index in [4.69, 9.17) is 5.26 Å². The van der Waals surface area contributed by atoms with Crippen LogP contribution in [0.3, 0.4) is 0 Å². The van der Waals surface area contributed by atoms with Gasteiger partial charge >= 0.3 is 0 Å². The number of pyridine rings is 1. The third kappa shape index (κ3) is 1.78. The number of nitriles is 1. The first-order valence-electron chi connectivity index (χ1n) is 5.22. The molecule has 0 fully saturated rings. The van der Waals surface area contributed by atoms with Gasteiger partial charge in [-0.3, -0.25) is 4.79 Å². The van der Waals surface area contributed by atoms with Gasteiger partial charge in [0, 0.05) is 29.8 Å². The molecule has 86 valence electrons. The monoisotopic (exact) mass is 231 g/mol. The number of aromatic nitrogens is 2. The number of hydrogen-bond donors (Lipinski definition) is 0. The smallest absolute Gasteiger partial charge is 0.237 e. The fourth-order valence-corrected chi connectivity index (χ4v) is 1.82. The van der Waals surface area contributed by atoms with Crippen LogP contribution in [-0.4, -0.2) is 15.3 Å². The zero-order valence-corrected chi connectivity index (χ0v) is 9.27. The molecule has 0 aromatic carbocycles. The second kappa shape index (κ2) is 4.34. The summed E-state index contributed by atoms with van der Waals surface area (Å²) in [5, 5.41) is 9.19. The molecular formula is C12H10FN3O. The molecule has 0 saturated carbocycles. The van der Waals surface area contributed by atoms with Crippen molar-refractivity contribution in [1.29, 1.82) is 5.26 Å². The van der Waals surface area contributed by atoms with E-state index in [-0.39, 0.29) is 17.8 Å². The maximum absolute atomic E-state index is 13.6. The van der Waals surface area contributed by atoms with Crippen LogP contribution in [0.2, 0.25) is 0 Å². The number of Topliss-reactive ketones (excluding diaryl/α,β-unsaturated/α-hetero) is 1. The van der Waals surface area contributed by atoms with Crippen molar-refractivity contribution >= 4 is 16.7 Å². The van der Waals surface area contributed by atoms with E-state index in [1.54, 1.807) is 13.0 Å². The van der Waals surface area contributed by atoms with Crippen molar-refractivity contribution in [2.24, 2.45) is 0 Å².